The number of aryl methyl sites for hydroxylation is 1. The topological polar surface area (TPSA) is 15.3 Å². The Hall–Kier alpha value is -1.16. The quantitative estimate of drug-likeness (QED) is 0.911. The molecule has 1 atom stereocenters. The van der Waals surface area contributed by atoms with Crippen molar-refractivity contribution in [1.29, 1.82) is 0 Å². The lowest BCUT2D eigenvalue weighted by molar-refractivity contribution is 0.200. The summed E-state index contributed by atoms with van der Waals surface area (Å²) in [6.45, 7) is 11.1. The molecule has 0 bridgehead atoms. The minimum Gasteiger partial charge on any atom is -0.314 e. The van der Waals surface area contributed by atoms with E-state index >= 15 is 0 Å². The Morgan fingerprint density at radius 2 is 1.59 bits per heavy atom. The molecule has 2 heterocycles. The van der Waals surface area contributed by atoms with Crippen LogP contribution in [-0.4, -0.2) is 31.1 Å². The molecule has 1 aliphatic heterocycles. The van der Waals surface area contributed by atoms with Gasteiger partial charge in [-0.3, -0.25) is 4.90 Å². The van der Waals surface area contributed by atoms with Crippen LogP contribution < -0.4 is 5.32 Å². The lowest BCUT2D eigenvalue weighted by atomic mass is 9.97. The van der Waals surface area contributed by atoms with Crippen LogP contribution in [0, 0.1) is 6.92 Å². The summed E-state index contributed by atoms with van der Waals surface area (Å²) in [5, 5.41) is 3.46. The van der Waals surface area contributed by atoms with Gasteiger partial charge in [-0.25, -0.2) is 0 Å². The highest BCUT2D eigenvalue weighted by Crippen LogP contribution is 2.34. The van der Waals surface area contributed by atoms with Crippen LogP contribution in [0.25, 0.3) is 0 Å². The van der Waals surface area contributed by atoms with Crippen LogP contribution >= 0.6 is 11.3 Å². The maximum absolute atomic E-state index is 3.46. The molecule has 1 fully saturated rings. The summed E-state index contributed by atoms with van der Waals surface area (Å²) in [4.78, 5) is 5.48. The van der Waals surface area contributed by atoms with Gasteiger partial charge in [-0.05, 0) is 36.1 Å². The number of benzene rings is 1. The molecule has 1 aromatic heterocycles. The fourth-order valence-corrected chi connectivity index (χ4v) is 4.20. The Kier molecular flexibility index (Phi) is 4.97. The van der Waals surface area contributed by atoms with Gasteiger partial charge in [0.1, 0.15) is 0 Å². The molecule has 118 valence electrons. The number of thiophene rings is 1. The number of hydrogen-bond donors (Lipinski definition) is 1. The second kappa shape index (κ2) is 6.95. The van der Waals surface area contributed by atoms with Crippen LogP contribution in [0.5, 0.6) is 0 Å². The van der Waals surface area contributed by atoms with E-state index in [0.717, 1.165) is 26.2 Å². The Morgan fingerprint density at radius 1 is 0.955 bits per heavy atom. The minimum absolute atomic E-state index is 0.405. The zero-order chi connectivity index (χ0) is 15.5. The van der Waals surface area contributed by atoms with Gasteiger partial charge in [0, 0.05) is 35.9 Å². The number of nitrogens with one attached hydrogen (secondary N) is 1. The second-order valence-electron chi connectivity index (χ2n) is 6.46. The molecule has 2 nitrogen and oxygen atoms in total. The van der Waals surface area contributed by atoms with Crippen molar-refractivity contribution in [3.8, 4) is 0 Å². The first-order valence-electron chi connectivity index (χ1n) is 8.26. The summed E-state index contributed by atoms with van der Waals surface area (Å²) in [5.41, 5.74) is 2.85. The first kappa shape index (κ1) is 15.7. The smallest absolute Gasteiger partial charge is 0.0697 e. The van der Waals surface area contributed by atoms with E-state index < -0.39 is 0 Å². The third kappa shape index (κ3) is 3.43. The van der Waals surface area contributed by atoms with Crippen molar-refractivity contribution in [1.82, 2.24) is 10.2 Å². The molecule has 0 saturated carbocycles. The number of nitrogens with zero attached hydrogens (tertiary/aromatic N) is 1. The molecule has 0 radical (unpaired) electrons. The van der Waals surface area contributed by atoms with Crippen molar-refractivity contribution in [2.75, 3.05) is 26.2 Å². The third-order valence-corrected chi connectivity index (χ3v) is 5.52. The molecule has 1 unspecified atom stereocenters. The highest BCUT2D eigenvalue weighted by Gasteiger charge is 2.25. The number of piperazine rings is 1. The fraction of sp³-hybridized carbons (Fsp3) is 0.474. The van der Waals surface area contributed by atoms with E-state index in [9.17, 15) is 0 Å². The van der Waals surface area contributed by atoms with Gasteiger partial charge >= 0.3 is 0 Å². The fourth-order valence-electron chi connectivity index (χ4n) is 3.16. The maximum atomic E-state index is 3.46. The first-order chi connectivity index (χ1) is 10.6. The van der Waals surface area contributed by atoms with Crippen molar-refractivity contribution in [2.24, 2.45) is 0 Å². The number of rotatable bonds is 4. The summed E-state index contributed by atoms with van der Waals surface area (Å²) in [6.07, 6.45) is 0. The second-order valence-corrected chi connectivity index (χ2v) is 7.78. The predicted molar refractivity (Wildman–Crippen MR) is 95.9 cm³/mol. The van der Waals surface area contributed by atoms with Crippen molar-refractivity contribution in [3.63, 3.8) is 0 Å². The van der Waals surface area contributed by atoms with Gasteiger partial charge in [-0.2, -0.15) is 0 Å². The molecule has 22 heavy (non-hydrogen) atoms. The summed E-state index contributed by atoms with van der Waals surface area (Å²) >= 11 is 1.93. The van der Waals surface area contributed by atoms with Crippen molar-refractivity contribution < 1.29 is 0 Å². The highest BCUT2D eigenvalue weighted by atomic mass is 32.1. The van der Waals surface area contributed by atoms with Crippen LogP contribution in [-0.2, 0) is 0 Å². The van der Waals surface area contributed by atoms with E-state index in [0.29, 0.717) is 12.0 Å². The van der Waals surface area contributed by atoms with Gasteiger partial charge in [0.15, 0.2) is 0 Å². The van der Waals surface area contributed by atoms with Gasteiger partial charge < -0.3 is 5.32 Å². The summed E-state index contributed by atoms with van der Waals surface area (Å²) in [6, 6.07) is 14.2. The van der Waals surface area contributed by atoms with Gasteiger partial charge in [0.25, 0.3) is 0 Å². The van der Waals surface area contributed by atoms with Crippen molar-refractivity contribution >= 4 is 11.3 Å². The molecule has 3 heteroatoms. The Labute approximate surface area is 138 Å². The standard InChI is InChI=1S/C19H26N2S/c1-14(2)16-5-7-17(8-6-16)19(18-9-4-15(3)22-18)21-12-10-20-11-13-21/h4-9,14,19-20H,10-13H2,1-3H3. The normalized spacial score (nSPS) is 17.8. The van der Waals surface area contributed by atoms with Gasteiger partial charge in [-0.1, -0.05) is 38.1 Å². The Bertz CT molecular complexity index is 594. The van der Waals surface area contributed by atoms with Crippen LogP contribution in [0.1, 0.15) is 46.7 Å². The van der Waals surface area contributed by atoms with E-state index in [4.69, 9.17) is 0 Å². The molecular formula is C19H26N2S. The lowest BCUT2D eigenvalue weighted by Gasteiger charge is -2.35. The SMILES string of the molecule is Cc1ccc(C(c2ccc(C(C)C)cc2)N2CCNCC2)s1. The molecule has 3 rings (SSSR count). The van der Waals surface area contributed by atoms with Crippen LogP contribution in [0.2, 0.25) is 0 Å². The molecule has 2 aromatic rings. The van der Waals surface area contributed by atoms with Gasteiger partial charge in [-0.15, -0.1) is 11.3 Å². The molecule has 0 spiro atoms. The third-order valence-electron chi connectivity index (χ3n) is 4.47. The van der Waals surface area contributed by atoms with Crippen LogP contribution in [0.4, 0.5) is 0 Å². The minimum atomic E-state index is 0.405. The summed E-state index contributed by atoms with van der Waals surface area (Å²) in [5.74, 6) is 0.593. The van der Waals surface area contributed by atoms with E-state index in [2.05, 4.69) is 67.4 Å². The molecule has 1 saturated heterocycles. The zero-order valence-electron chi connectivity index (χ0n) is 13.8. The summed E-state index contributed by atoms with van der Waals surface area (Å²) < 4.78 is 0. The molecule has 1 N–H and O–H groups in total. The Morgan fingerprint density at radius 3 is 2.14 bits per heavy atom. The Balaban J connectivity index is 1.93. The van der Waals surface area contributed by atoms with Gasteiger partial charge in [0.05, 0.1) is 6.04 Å². The lowest BCUT2D eigenvalue weighted by Crippen LogP contribution is -2.45. The first-order valence-corrected chi connectivity index (χ1v) is 9.08. The molecule has 0 amide bonds. The van der Waals surface area contributed by atoms with E-state index in [1.807, 2.05) is 11.3 Å². The van der Waals surface area contributed by atoms with Crippen LogP contribution in [0.3, 0.4) is 0 Å². The largest absolute Gasteiger partial charge is 0.314 e. The van der Waals surface area contributed by atoms with E-state index in [-0.39, 0.29) is 0 Å². The van der Waals surface area contributed by atoms with Gasteiger partial charge in [0.2, 0.25) is 0 Å². The monoisotopic (exact) mass is 314 g/mol. The molecular weight excluding hydrogens is 288 g/mol. The van der Waals surface area contributed by atoms with E-state index in [1.165, 1.54) is 20.9 Å². The van der Waals surface area contributed by atoms with Crippen molar-refractivity contribution in [3.05, 3.63) is 57.3 Å². The van der Waals surface area contributed by atoms with Crippen LogP contribution in [0.15, 0.2) is 36.4 Å². The van der Waals surface area contributed by atoms with E-state index in [1.54, 1.807) is 0 Å². The predicted octanol–water partition coefficient (Wildman–Crippen LogP) is 4.17. The number of hydrogen-bond acceptors (Lipinski definition) is 3. The van der Waals surface area contributed by atoms with Crippen molar-refractivity contribution in [2.45, 2.75) is 32.7 Å². The molecule has 0 aliphatic carbocycles. The average molecular weight is 314 g/mol. The highest BCUT2D eigenvalue weighted by molar-refractivity contribution is 7.12. The molecule has 1 aromatic carbocycles. The maximum Gasteiger partial charge on any atom is 0.0697 e. The average Bonchev–Trinajstić information content (AvgIpc) is 2.95. The summed E-state index contributed by atoms with van der Waals surface area (Å²) in [7, 11) is 0. The molecule has 1 aliphatic rings. The zero-order valence-corrected chi connectivity index (χ0v) is 14.6.